The van der Waals surface area contributed by atoms with E-state index in [0.717, 1.165) is 22.5 Å². The highest BCUT2D eigenvalue weighted by atomic mass is 35.5. The van der Waals surface area contributed by atoms with E-state index in [1.54, 1.807) is 11.8 Å². The summed E-state index contributed by atoms with van der Waals surface area (Å²) in [6.07, 6.45) is 2.30. The van der Waals surface area contributed by atoms with Crippen LogP contribution in [0.1, 0.15) is 31.3 Å². The first-order chi connectivity index (χ1) is 12.7. The Morgan fingerprint density at radius 1 is 1.09 bits per heavy atom. The van der Waals surface area contributed by atoms with Gasteiger partial charge in [-0.1, -0.05) is 48.5 Å². The summed E-state index contributed by atoms with van der Waals surface area (Å²) >= 11 is 1.77. The number of rotatable bonds is 3. The Morgan fingerprint density at radius 3 is 2.64 bits per heavy atom. The topological polar surface area (TPSA) is 3.24 Å². The minimum Gasteiger partial charge on any atom is -0.309 e. The minimum atomic E-state index is -2.65. The number of hydrogen-bond acceptors (Lipinski definition) is 2. The minimum absolute atomic E-state index is 0. The van der Waals surface area contributed by atoms with Gasteiger partial charge in [-0.2, -0.15) is 0 Å². The molecule has 22 heavy (non-hydrogen) atoms. The summed E-state index contributed by atoms with van der Waals surface area (Å²) in [6, 6.07) is 16.3. The molecule has 0 bridgehead atoms. The van der Waals surface area contributed by atoms with Crippen LogP contribution in [-0.4, -0.2) is 25.4 Å². The zero-order valence-corrected chi connectivity index (χ0v) is 13.7. The average molecular weight is 338 g/mol. The van der Waals surface area contributed by atoms with Gasteiger partial charge in [0.25, 0.3) is 0 Å². The molecule has 0 radical (unpaired) electrons. The van der Waals surface area contributed by atoms with Crippen molar-refractivity contribution in [3.8, 4) is 0 Å². The molecular weight excluding hydrogens is 310 g/mol. The van der Waals surface area contributed by atoms with E-state index in [1.807, 2.05) is 30.3 Å². The fraction of sp³-hybridized carbons (Fsp3) is 0.263. The van der Waals surface area contributed by atoms with Gasteiger partial charge in [-0.3, -0.25) is 0 Å². The lowest BCUT2D eigenvalue weighted by Gasteiger charge is -2.12. The molecule has 0 unspecified atom stereocenters. The maximum Gasteiger partial charge on any atom is 0.0394 e. The van der Waals surface area contributed by atoms with Crippen LogP contribution >= 0.6 is 24.2 Å². The molecule has 0 amide bonds. The summed E-state index contributed by atoms with van der Waals surface area (Å²) in [4.78, 5) is 1.78. The van der Waals surface area contributed by atoms with Crippen LogP contribution in [0.25, 0.3) is 5.57 Å². The summed E-state index contributed by atoms with van der Waals surface area (Å²) in [5.41, 5.74) is 4.46. The Labute approximate surface area is 152 Å². The van der Waals surface area contributed by atoms with E-state index in [1.165, 1.54) is 10.5 Å². The van der Waals surface area contributed by atoms with Gasteiger partial charge in [0.15, 0.2) is 0 Å². The van der Waals surface area contributed by atoms with Crippen LogP contribution in [0.15, 0.2) is 59.5 Å². The van der Waals surface area contributed by atoms with E-state index in [0.29, 0.717) is 11.3 Å². The van der Waals surface area contributed by atoms with Crippen molar-refractivity contribution in [2.75, 3.05) is 20.5 Å². The van der Waals surface area contributed by atoms with Crippen molar-refractivity contribution in [2.45, 2.75) is 17.1 Å². The molecule has 0 N–H and O–H groups in total. The van der Waals surface area contributed by atoms with Crippen LogP contribution in [0, 0.1) is 0 Å². The van der Waals surface area contributed by atoms with Gasteiger partial charge in [0.1, 0.15) is 0 Å². The molecule has 1 heterocycles. The predicted molar refractivity (Wildman–Crippen MR) is 99.9 cm³/mol. The average Bonchev–Trinajstić information content (AvgIpc) is 2.74. The van der Waals surface area contributed by atoms with Crippen molar-refractivity contribution >= 4 is 29.7 Å². The van der Waals surface area contributed by atoms with Gasteiger partial charge in [-0.15, -0.1) is 24.2 Å². The maximum absolute atomic E-state index is 7.51. The van der Waals surface area contributed by atoms with Gasteiger partial charge >= 0.3 is 0 Å². The lowest BCUT2D eigenvalue weighted by atomic mass is 9.93. The molecule has 2 aromatic rings. The van der Waals surface area contributed by atoms with E-state index >= 15 is 0 Å². The molecule has 0 saturated heterocycles. The maximum atomic E-state index is 7.51. The number of thioether (sulfide) groups is 1. The smallest absolute Gasteiger partial charge is 0.0394 e. The van der Waals surface area contributed by atoms with E-state index in [4.69, 9.17) is 8.22 Å². The number of hydrogen-bond donors (Lipinski definition) is 0. The normalized spacial score (nSPS) is 20.1. The molecule has 0 spiro atoms. The Balaban J connectivity index is 0.00000280. The molecule has 0 aliphatic carbocycles. The Morgan fingerprint density at radius 2 is 1.82 bits per heavy atom. The third kappa shape index (κ3) is 3.75. The van der Waals surface area contributed by atoms with Crippen LogP contribution < -0.4 is 0 Å². The SMILES string of the molecule is Cl.[2H]C([2H])([2H])N(CC/C=C1/c2ccccc2CSc2ccccc21)C([2H])([2H])[2H]. The second kappa shape index (κ2) is 7.87. The fourth-order valence-corrected chi connectivity index (χ4v) is 3.65. The Bertz CT molecular complexity index is 783. The third-order valence-electron chi connectivity index (χ3n) is 3.57. The molecule has 3 rings (SSSR count). The number of benzene rings is 2. The Hall–Kier alpha value is -1.22. The highest BCUT2D eigenvalue weighted by molar-refractivity contribution is 7.98. The molecule has 1 nitrogen and oxygen atoms in total. The molecule has 0 saturated carbocycles. The lowest BCUT2D eigenvalue weighted by Crippen LogP contribution is -2.12. The van der Waals surface area contributed by atoms with E-state index in [2.05, 4.69) is 24.3 Å². The molecular formula is C19H22ClNS. The molecule has 1 aliphatic rings. The van der Waals surface area contributed by atoms with Crippen molar-refractivity contribution in [1.29, 1.82) is 0 Å². The van der Waals surface area contributed by atoms with Crippen LogP contribution in [0.5, 0.6) is 0 Å². The first-order valence-electron chi connectivity index (χ1n) is 9.96. The van der Waals surface area contributed by atoms with Crippen molar-refractivity contribution in [2.24, 2.45) is 0 Å². The van der Waals surface area contributed by atoms with Crippen LogP contribution in [0.2, 0.25) is 0 Å². The zero-order chi connectivity index (χ0) is 19.7. The number of nitrogens with zero attached hydrogens (tertiary/aromatic N) is 1. The van der Waals surface area contributed by atoms with Gasteiger partial charge < -0.3 is 4.90 Å². The summed E-state index contributed by atoms with van der Waals surface area (Å²) in [5.74, 6) is 0.862. The zero-order valence-electron chi connectivity index (χ0n) is 18.1. The van der Waals surface area contributed by atoms with Gasteiger partial charge in [-0.05, 0) is 48.7 Å². The molecule has 1 aliphatic heterocycles. The molecule has 2 aromatic carbocycles. The summed E-state index contributed by atoms with van der Waals surface area (Å²) in [6.45, 7) is -5.37. The molecule has 116 valence electrons. The standard InChI is InChI=1S/C19H21NS.ClH/c1-20(2)13-7-11-17-16-9-4-3-8-15(16)14-21-19-12-6-5-10-18(17)19;/h3-6,8-12H,7,13-14H2,1-2H3;1H/b17-11-;/i1D3,2D3;. The second-order valence-electron chi connectivity index (χ2n) is 5.00. The highest BCUT2D eigenvalue weighted by Gasteiger charge is 2.17. The van der Waals surface area contributed by atoms with Crippen LogP contribution in [0.3, 0.4) is 0 Å². The first-order valence-corrected chi connectivity index (χ1v) is 7.95. The summed E-state index contributed by atoms with van der Waals surface area (Å²) in [5, 5.41) is 0. The quantitative estimate of drug-likeness (QED) is 0.766. The van der Waals surface area contributed by atoms with Crippen molar-refractivity contribution in [3.63, 3.8) is 0 Å². The number of fused-ring (bicyclic) bond motifs is 2. The van der Waals surface area contributed by atoms with Gasteiger partial charge in [0, 0.05) is 25.4 Å². The summed E-state index contributed by atoms with van der Waals surface area (Å²) in [7, 11) is 0. The molecule has 3 heteroatoms. The molecule has 0 fully saturated rings. The third-order valence-corrected chi connectivity index (χ3v) is 4.69. The van der Waals surface area contributed by atoms with Crippen molar-refractivity contribution in [1.82, 2.24) is 4.90 Å². The summed E-state index contributed by atoms with van der Waals surface area (Å²) < 4.78 is 45.1. The lowest BCUT2D eigenvalue weighted by molar-refractivity contribution is 0.417. The highest BCUT2D eigenvalue weighted by Crippen LogP contribution is 2.39. The van der Waals surface area contributed by atoms with Gasteiger partial charge in [-0.25, -0.2) is 0 Å². The van der Waals surface area contributed by atoms with Crippen molar-refractivity contribution < 1.29 is 8.22 Å². The predicted octanol–water partition coefficient (Wildman–Crippen LogP) is 5.10. The van der Waals surface area contributed by atoms with Gasteiger partial charge in [0.2, 0.25) is 0 Å². The van der Waals surface area contributed by atoms with E-state index in [-0.39, 0.29) is 19.0 Å². The molecule has 0 atom stereocenters. The van der Waals surface area contributed by atoms with Crippen LogP contribution in [0.4, 0.5) is 0 Å². The Kier molecular flexibility index (Phi) is 3.77. The fourth-order valence-electron chi connectivity index (χ4n) is 2.58. The first kappa shape index (κ1) is 10.5. The number of halogens is 1. The van der Waals surface area contributed by atoms with Crippen LogP contribution in [-0.2, 0) is 5.75 Å². The van der Waals surface area contributed by atoms with Gasteiger partial charge in [0.05, 0.1) is 0 Å². The monoisotopic (exact) mass is 337 g/mol. The molecule has 0 aromatic heterocycles. The largest absolute Gasteiger partial charge is 0.309 e. The second-order valence-corrected chi connectivity index (χ2v) is 6.02. The van der Waals surface area contributed by atoms with Crippen molar-refractivity contribution in [3.05, 3.63) is 71.3 Å². The van der Waals surface area contributed by atoms with E-state index < -0.39 is 14.0 Å². The van der Waals surface area contributed by atoms with E-state index in [9.17, 15) is 0 Å².